The monoisotopic (exact) mass is 456 g/mol. The van der Waals surface area contributed by atoms with Crippen LogP contribution in [-0.2, 0) is 0 Å². The Labute approximate surface area is 191 Å². The van der Waals surface area contributed by atoms with Crippen LogP contribution >= 0.6 is 11.6 Å². The Morgan fingerprint density at radius 3 is 2.50 bits per heavy atom. The van der Waals surface area contributed by atoms with E-state index in [4.69, 9.17) is 26.8 Å². The number of nitrogens with zero attached hydrogens (tertiary/aromatic N) is 1. The van der Waals surface area contributed by atoms with Gasteiger partial charge in [-0.3, -0.25) is 9.78 Å². The minimum Gasteiger partial charge on any atom is -0.496 e. The highest BCUT2D eigenvalue weighted by molar-refractivity contribution is 6.33. The molecule has 32 heavy (non-hydrogen) atoms. The van der Waals surface area contributed by atoms with Crippen LogP contribution in [0.5, 0.6) is 17.2 Å². The number of carbonyl (C=O) groups is 2. The minimum atomic E-state index is -0.619. The van der Waals surface area contributed by atoms with Crippen molar-refractivity contribution in [1.29, 1.82) is 0 Å². The van der Waals surface area contributed by atoms with Gasteiger partial charge in [0, 0.05) is 29.8 Å². The van der Waals surface area contributed by atoms with E-state index in [0.29, 0.717) is 38.9 Å². The molecular weight excluding hydrogens is 432 g/mol. The Hall–Kier alpha value is -3.52. The number of benzene rings is 2. The van der Waals surface area contributed by atoms with Crippen LogP contribution in [0, 0.1) is 0 Å². The molecule has 3 aromatic rings. The zero-order valence-corrected chi connectivity index (χ0v) is 18.8. The lowest BCUT2D eigenvalue weighted by Crippen LogP contribution is -2.30. The fourth-order valence-electron chi connectivity index (χ4n) is 2.96. The average molecular weight is 457 g/mol. The van der Waals surface area contributed by atoms with Crippen molar-refractivity contribution in [3.05, 3.63) is 53.2 Å². The van der Waals surface area contributed by atoms with Gasteiger partial charge in [-0.25, -0.2) is 4.79 Å². The van der Waals surface area contributed by atoms with E-state index in [-0.39, 0.29) is 17.6 Å². The first-order valence-corrected chi connectivity index (χ1v) is 10.6. The molecule has 0 spiro atoms. The lowest BCUT2D eigenvalue weighted by atomic mass is 10.1. The van der Waals surface area contributed by atoms with Crippen molar-refractivity contribution in [3.8, 4) is 17.2 Å². The number of ether oxygens (including phenoxy) is 2. The molecule has 1 fully saturated rings. The molecule has 0 bridgehead atoms. The van der Waals surface area contributed by atoms with E-state index in [9.17, 15) is 9.59 Å². The number of nitrogens with one attached hydrogen (secondary N) is 2. The number of methoxy groups -OCH3 is 1. The Balaban J connectivity index is 0.00000141. The normalized spacial score (nSPS) is 12.4. The molecular formula is C23H25ClN4O4. The molecule has 4 rings (SSSR count). The fraction of sp³-hybridized carbons (Fsp3) is 0.261. The highest BCUT2D eigenvalue weighted by atomic mass is 35.5. The standard InChI is InChI=1S/C21H19ClN4O4.C2H6/c1-29-19-10-17-13(9-14(19)20(23)27)18(6-7-24-17)30-12-4-5-16(15(22)8-12)26-21(28)25-11-2-3-11;1-2/h4-11H,2-3H2,1H3,(H2,23,27)(H2,25,26,28);1-2H3. The van der Waals surface area contributed by atoms with Gasteiger partial charge in [0.05, 0.1) is 28.9 Å². The van der Waals surface area contributed by atoms with E-state index < -0.39 is 5.91 Å². The van der Waals surface area contributed by atoms with Gasteiger partial charge in [-0.1, -0.05) is 25.4 Å². The first kappa shape index (κ1) is 23.1. The Bertz CT molecular complexity index is 1150. The molecule has 0 unspecified atom stereocenters. The van der Waals surface area contributed by atoms with E-state index in [1.54, 1.807) is 42.6 Å². The first-order valence-electron chi connectivity index (χ1n) is 10.3. The van der Waals surface area contributed by atoms with E-state index >= 15 is 0 Å². The molecule has 0 atom stereocenters. The van der Waals surface area contributed by atoms with Gasteiger partial charge >= 0.3 is 6.03 Å². The van der Waals surface area contributed by atoms with Crippen molar-refractivity contribution < 1.29 is 19.1 Å². The number of hydrogen-bond donors (Lipinski definition) is 3. The van der Waals surface area contributed by atoms with Gasteiger partial charge in [0.2, 0.25) is 0 Å². The van der Waals surface area contributed by atoms with Crippen LogP contribution in [0.4, 0.5) is 10.5 Å². The zero-order valence-electron chi connectivity index (χ0n) is 18.1. The highest BCUT2D eigenvalue weighted by Crippen LogP contribution is 2.35. The van der Waals surface area contributed by atoms with Crippen molar-refractivity contribution in [2.45, 2.75) is 32.7 Å². The summed E-state index contributed by atoms with van der Waals surface area (Å²) in [5, 5.41) is 6.48. The van der Waals surface area contributed by atoms with Crippen molar-refractivity contribution in [2.24, 2.45) is 5.73 Å². The summed E-state index contributed by atoms with van der Waals surface area (Å²) in [4.78, 5) is 28.0. The van der Waals surface area contributed by atoms with E-state index in [0.717, 1.165) is 12.8 Å². The zero-order chi connectivity index (χ0) is 23.3. The minimum absolute atomic E-state index is 0.224. The molecule has 8 nitrogen and oxygen atoms in total. The Morgan fingerprint density at radius 1 is 1.12 bits per heavy atom. The predicted octanol–water partition coefficient (Wildman–Crippen LogP) is 5.10. The van der Waals surface area contributed by atoms with Gasteiger partial charge in [0.1, 0.15) is 17.2 Å². The molecule has 168 valence electrons. The number of anilines is 1. The molecule has 1 saturated carbocycles. The third-order valence-corrected chi connectivity index (χ3v) is 4.93. The summed E-state index contributed by atoms with van der Waals surface area (Å²) in [6.45, 7) is 4.00. The number of carbonyl (C=O) groups excluding carboxylic acids is 2. The topological polar surface area (TPSA) is 116 Å². The summed E-state index contributed by atoms with van der Waals surface area (Å²) in [5.74, 6) is 0.639. The number of halogens is 1. The summed E-state index contributed by atoms with van der Waals surface area (Å²) < 4.78 is 11.2. The lowest BCUT2D eigenvalue weighted by Gasteiger charge is -2.13. The average Bonchev–Trinajstić information content (AvgIpc) is 3.60. The molecule has 3 amide bonds. The van der Waals surface area contributed by atoms with Crippen LogP contribution in [0.3, 0.4) is 0 Å². The number of rotatable bonds is 6. The number of amides is 3. The summed E-state index contributed by atoms with van der Waals surface area (Å²) >= 11 is 6.30. The quantitative estimate of drug-likeness (QED) is 0.477. The van der Waals surface area contributed by atoms with Gasteiger partial charge in [0.15, 0.2) is 0 Å². The SMILES string of the molecule is CC.COc1cc2nccc(Oc3ccc(NC(=O)NC4CC4)c(Cl)c3)c2cc1C(N)=O. The summed E-state index contributed by atoms with van der Waals surface area (Å²) in [7, 11) is 1.45. The second-order valence-electron chi connectivity index (χ2n) is 6.86. The number of aromatic nitrogens is 1. The summed E-state index contributed by atoms with van der Waals surface area (Å²) in [6, 6.07) is 9.77. The second-order valence-corrected chi connectivity index (χ2v) is 7.27. The summed E-state index contributed by atoms with van der Waals surface area (Å²) in [5.41, 5.74) is 6.73. The fourth-order valence-corrected chi connectivity index (χ4v) is 3.18. The smallest absolute Gasteiger partial charge is 0.319 e. The molecule has 4 N–H and O–H groups in total. The Morgan fingerprint density at radius 2 is 1.88 bits per heavy atom. The maximum atomic E-state index is 11.9. The highest BCUT2D eigenvalue weighted by Gasteiger charge is 2.23. The molecule has 1 aliphatic carbocycles. The maximum Gasteiger partial charge on any atom is 0.319 e. The number of nitrogens with two attached hydrogens (primary N) is 1. The number of fused-ring (bicyclic) bond motifs is 1. The van der Waals surface area contributed by atoms with Gasteiger partial charge < -0.3 is 25.8 Å². The van der Waals surface area contributed by atoms with Gasteiger partial charge in [-0.2, -0.15) is 0 Å². The Kier molecular flexibility index (Phi) is 7.37. The van der Waals surface area contributed by atoms with Crippen molar-refractivity contribution in [1.82, 2.24) is 10.3 Å². The van der Waals surface area contributed by atoms with Crippen molar-refractivity contribution >= 4 is 40.1 Å². The van der Waals surface area contributed by atoms with E-state index in [1.165, 1.54) is 7.11 Å². The van der Waals surface area contributed by atoms with Gasteiger partial charge in [-0.15, -0.1) is 0 Å². The van der Waals surface area contributed by atoms with Gasteiger partial charge in [-0.05, 0) is 37.1 Å². The van der Waals surface area contributed by atoms with Crippen LogP contribution in [0.15, 0.2) is 42.6 Å². The number of urea groups is 1. The van der Waals surface area contributed by atoms with Crippen molar-refractivity contribution in [2.75, 3.05) is 12.4 Å². The van der Waals surface area contributed by atoms with Crippen LogP contribution in [0.25, 0.3) is 10.9 Å². The molecule has 0 radical (unpaired) electrons. The molecule has 9 heteroatoms. The largest absolute Gasteiger partial charge is 0.496 e. The number of pyridine rings is 1. The summed E-state index contributed by atoms with van der Waals surface area (Å²) in [6.07, 6.45) is 3.58. The molecule has 1 aliphatic rings. The van der Waals surface area contributed by atoms with Crippen LogP contribution in [0.2, 0.25) is 5.02 Å². The predicted molar refractivity (Wildman–Crippen MR) is 125 cm³/mol. The number of hydrogen-bond acceptors (Lipinski definition) is 5. The van der Waals surface area contributed by atoms with Crippen molar-refractivity contribution in [3.63, 3.8) is 0 Å². The molecule has 0 aliphatic heterocycles. The molecule has 0 saturated heterocycles. The van der Waals surface area contributed by atoms with E-state index in [1.807, 2.05) is 13.8 Å². The lowest BCUT2D eigenvalue weighted by molar-refractivity contribution is 0.0997. The third-order valence-electron chi connectivity index (χ3n) is 4.62. The van der Waals surface area contributed by atoms with Gasteiger partial charge in [0.25, 0.3) is 5.91 Å². The molecule has 2 aromatic carbocycles. The maximum absolute atomic E-state index is 11.9. The number of primary amides is 1. The second kappa shape index (κ2) is 10.2. The first-order chi connectivity index (χ1) is 15.4. The van der Waals surface area contributed by atoms with E-state index in [2.05, 4.69) is 15.6 Å². The van der Waals surface area contributed by atoms with Crippen LogP contribution in [0.1, 0.15) is 37.0 Å². The third kappa shape index (κ3) is 5.39. The van der Waals surface area contributed by atoms with Crippen LogP contribution < -0.4 is 25.8 Å². The molecule has 1 heterocycles. The molecule has 1 aromatic heterocycles. The van der Waals surface area contributed by atoms with Crippen LogP contribution in [-0.4, -0.2) is 30.1 Å².